The van der Waals surface area contributed by atoms with Crippen LogP contribution in [0, 0.1) is 0 Å². The van der Waals surface area contributed by atoms with E-state index in [0.717, 1.165) is 70.6 Å². The quantitative estimate of drug-likeness (QED) is 0.0518. The third-order valence-electron chi connectivity index (χ3n) is 9.61. The number of rotatable bonds is 28. The number of ether oxygens (including phenoxy) is 2. The fourth-order valence-electron chi connectivity index (χ4n) is 6.77. The summed E-state index contributed by atoms with van der Waals surface area (Å²) >= 11 is 0. The molecule has 2 aliphatic heterocycles. The van der Waals surface area contributed by atoms with Crippen molar-refractivity contribution >= 4 is 5.97 Å². The lowest BCUT2D eigenvalue weighted by Crippen LogP contribution is -2.31. The molecular weight excluding hydrogens is 556 g/mol. The van der Waals surface area contributed by atoms with Crippen molar-refractivity contribution in [2.45, 2.75) is 217 Å². The summed E-state index contributed by atoms with van der Waals surface area (Å²) in [4.78, 5) is 11.7. The predicted octanol–water partition coefficient (Wildman–Crippen LogP) is 7.84. The van der Waals surface area contributed by atoms with Crippen molar-refractivity contribution in [3.8, 4) is 0 Å². The lowest BCUT2D eigenvalue weighted by Gasteiger charge is -2.22. The normalized spacial score (nSPS) is 23.0. The Morgan fingerprint density at radius 3 is 1.55 bits per heavy atom. The maximum atomic E-state index is 11.7. The average Bonchev–Trinajstić information content (AvgIpc) is 3.61. The fraction of sp³-hybridized carbons (Fsp3) is 0.919. The molecule has 0 spiro atoms. The minimum atomic E-state index is -0.531. The summed E-state index contributed by atoms with van der Waals surface area (Å²) in [6.07, 6.45) is 25.2. The highest BCUT2D eigenvalue weighted by atomic mass is 16.5. The smallest absolute Gasteiger partial charge is 0.334 e. The molecule has 7 atom stereocenters. The van der Waals surface area contributed by atoms with E-state index in [1.54, 1.807) is 6.08 Å². The first kappa shape index (κ1) is 39.2. The summed E-state index contributed by atoms with van der Waals surface area (Å²) in [5.74, 6) is -0.314. The zero-order chi connectivity index (χ0) is 32.0. The van der Waals surface area contributed by atoms with Crippen LogP contribution >= 0.6 is 0 Å². The summed E-state index contributed by atoms with van der Waals surface area (Å²) in [5.41, 5.74) is 0.576. The van der Waals surface area contributed by atoms with E-state index in [0.29, 0.717) is 24.8 Å². The maximum Gasteiger partial charge on any atom is 0.334 e. The van der Waals surface area contributed by atoms with Gasteiger partial charge in [-0.15, -0.1) is 0 Å². The molecule has 0 aromatic rings. The molecule has 4 N–H and O–H groups in total. The molecule has 44 heavy (non-hydrogen) atoms. The summed E-state index contributed by atoms with van der Waals surface area (Å²) in [7, 11) is 0. The Morgan fingerprint density at radius 1 is 0.636 bits per heavy atom. The van der Waals surface area contributed by atoms with Gasteiger partial charge in [-0.05, 0) is 57.9 Å². The number of cyclic esters (lactones) is 1. The van der Waals surface area contributed by atoms with Crippen molar-refractivity contribution in [1.82, 2.24) is 0 Å². The van der Waals surface area contributed by atoms with Crippen molar-refractivity contribution < 1.29 is 34.7 Å². The molecule has 0 saturated carbocycles. The van der Waals surface area contributed by atoms with Gasteiger partial charge in [-0.3, -0.25) is 0 Å². The highest BCUT2D eigenvalue weighted by Crippen LogP contribution is 2.28. The van der Waals surface area contributed by atoms with Crippen LogP contribution in [0.2, 0.25) is 0 Å². The first-order chi connectivity index (χ1) is 21.3. The van der Waals surface area contributed by atoms with Crippen LogP contribution in [0.15, 0.2) is 11.6 Å². The molecule has 2 heterocycles. The number of hydrogen-bond acceptors (Lipinski definition) is 7. The zero-order valence-corrected chi connectivity index (χ0v) is 28.3. The lowest BCUT2D eigenvalue weighted by atomic mass is 9.99. The third kappa shape index (κ3) is 17.6. The largest absolute Gasteiger partial charge is 0.455 e. The van der Waals surface area contributed by atoms with Gasteiger partial charge in [0.05, 0.1) is 36.6 Å². The molecule has 258 valence electrons. The lowest BCUT2D eigenvalue weighted by molar-refractivity contribution is -0.139. The fourth-order valence-corrected chi connectivity index (χ4v) is 6.77. The van der Waals surface area contributed by atoms with E-state index in [4.69, 9.17) is 9.47 Å². The second-order valence-corrected chi connectivity index (χ2v) is 13.8. The molecule has 2 aliphatic rings. The van der Waals surface area contributed by atoms with Crippen molar-refractivity contribution in [3.05, 3.63) is 11.6 Å². The Morgan fingerprint density at radius 2 is 1.05 bits per heavy atom. The number of carbonyl (C=O) groups excluding carboxylic acids is 1. The van der Waals surface area contributed by atoms with Crippen molar-refractivity contribution in [2.24, 2.45) is 0 Å². The summed E-state index contributed by atoms with van der Waals surface area (Å²) < 4.78 is 11.1. The first-order valence-corrected chi connectivity index (χ1v) is 18.6. The molecule has 0 amide bonds. The summed E-state index contributed by atoms with van der Waals surface area (Å²) in [6.45, 7) is 4.08. The van der Waals surface area contributed by atoms with Gasteiger partial charge in [-0.2, -0.15) is 0 Å². The van der Waals surface area contributed by atoms with Crippen LogP contribution in [0.3, 0.4) is 0 Å². The van der Waals surface area contributed by atoms with Crippen molar-refractivity contribution in [3.63, 3.8) is 0 Å². The predicted molar refractivity (Wildman–Crippen MR) is 177 cm³/mol. The van der Waals surface area contributed by atoms with Crippen molar-refractivity contribution in [1.29, 1.82) is 0 Å². The summed E-state index contributed by atoms with van der Waals surface area (Å²) in [6, 6.07) is 0. The summed E-state index contributed by atoms with van der Waals surface area (Å²) in [5, 5.41) is 41.8. The van der Waals surface area contributed by atoms with Crippen LogP contribution in [-0.4, -0.2) is 69.1 Å². The topological polar surface area (TPSA) is 116 Å². The Kier molecular flexibility index (Phi) is 21.6. The van der Waals surface area contributed by atoms with Crippen LogP contribution in [0.1, 0.15) is 174 Å². The average molecular weight is 625 g/mol. The molecule has 0 aromatic carbocycles. The second-order valence-electron chi connectivity index (χ2n) is 13.8. The van der Waals surface area contributed by atoms with E-state index < -0.39 is 18.3 Å². The van der Waals surface area contributed by atoms with Crippen LogP contribution < -0.4 is 0 Å². The minimum Gasteiger partial charge on any atom is -0.455 e. The van der Waals surface area contributed by atoms with E-state index >= 15 is 0 Å². The molecule has 0 unspecified atom stereocenters. The van der Waals surface area contributed by atoms with E-state index in [-0.39, 0.29) is 30.4 Å². The van der Waals surface area contributed by atoms with Gasteiger partial charge in [0, 0.05) is 12.0 Å². The number of esters is 1. The second kappa shape index (κ2) is 24.2. The van der Waals surface area contributed by atoms with Crippen LogP contribution in [0.25, 0.3) is 0 Å². The Bertz CT molecular complexity index is 756. The van der Waals surface area contributed by atoms with Gasteiger partial charge in [0.1, 0.15) is 6.10 Å². The molecule has 7 heteroatoms. The highest BCUT2D eigenvalue weighted by molar-refractivity contribution is 5.90. The SMILES string of the molecule is CCCCCCCCCCCCCC[C@H](O)[C@H]1CC[C@H]([C@H](O)CCCC[C@H](O)CCCCC[C@H](O)CC2=C[C@@H](C)OC2=O)O1. The minimum absolute atomic E-state index is 0.148. The van der Waals surface area contributed by atoms with Crippen LogP contribution in [-0.2, 0) is 14.3 Å². The van der Waals surface area contributed by atoms with Crippen LogP contribution in [0.4, 0.5) is 0 Å². The van der Waals surface area contributed by atoms with Gasteiger partial charge < -0.3 is 29.9 Å². The zero-order valence-electron chi connectivity index (χ0n) is 28.3. The number of aliphatic hydroxyl groups excluding tert-OH is 4. The van der Waals surface area contributed by atoms with Gasteiger partial charge in [-0.1, -0.05) is 116 Å². The third-order valence-corrected chi connectivity index (χ3v) is 9.61. The Balaban J connectivity index is 1.40. The van der Waals surface area contributed by atoms with Crippen molar-refractivity contribution in [2.75, 3.05) is 0 Å². The molecule has 7 nitrogen and oxygen atoms in total. The van der Waals surface area contributed by atoms with E-state index in [2.05, 4.69) is 6.92 Å². The van der Waals surface area contributed by atoms with E-state index in [1.165, 1.54) is 70.6 Å². The monoisotopic (exact) mass is 624 g/mol. The molecule has 0 aliphatic carbocycles. The Labute approximate surface area is 269 Å². The molecule has 0 radical (unpaired) electrons. The number of carbonyl (C=O) groups is 1. The van der Waals surface area contributed by atoms with Gasteiger partial charge in [0.2, 0.25) is 0 Å². The van der Waals surface area contributed by atoms with Gasteiger partial charge in [0.25, 0.3) is 0 Å². The van der Waals surface area contributed by atoms with E-state index in [9.17, 15) is 25.2 Å². The first-order valence-electron chi connectivity index (χ1n) is 18.6. The maximum absolute atomic E-state index is 11.7. The molecule has 2 rings (SSSR count). The van der Waals surface area contributed by atoms with Gasteiger partial charge in [-0.25, -0.2) is 4.79 Å². The number of hydrogen-bond donors (Lipinski definition) is 4. The van der Waals surface area contributed by atoms with E-state index in [1.807, 2.05) is 6.92 Å². The molecule has 1 fully saturated rings. The molecule has 0 bridgehead atoms. The molecular formula is C37H68O7. The molecule has 1 saturated heterocycles. The highest BCUT2D eigenvalue weighted by Gasteiger charge is 2.34. The van der Waals surface area contributed by atoms with Crippen LogP contribution in [0.5, 0.6) is 0 Å². The van der Waals surface area contributed by atoms with Gasteiger partial charge >= 0.3 is 5.97 Å². The molecule has 0 aromatic heterocycles. The number of unbranched alkanes of at least 4 members (excludes halogenated alkanes) is 14. The van der Waals surface area contributed by atoms with Gasteiger partial charge in [0.15, 0.2) is 0 Å². The Hall–Kier alpha value is -0.990. The standard InChI is InChI=1S/C37H68O7/c1-3-4-5-6-7-8-9-10-11-12-13-17-23-33(40)35-25-26-36(44-35)34(41)24-19-18-21-31(38)20-15-14-16-22-32(39)28-30-27-29(2)43-37(30)42/h27,29,31-36,38-41H,3-26,28H2,1-2H3/t29-,31-,32+,33+,34-,35-,36-/m1/s1. The number of aliphatic hydroxyl groups is 4.